The highest BCUT2D eigenvalue weighted by atomic mass is 35.5. The van der Waals surface area contributed by atoms with Gasteiger partial charge >= 0.3 is 0 Å². The van der Waals surface area contributed by atoms with Crippen molar-refractivity contribution < 1.29 is 14.2 Å². The first-order valence-corrected chi connectivity index (χ1v) is 10.7. The van der Waals surface area contributed by atoms with Gasteiger partial charge < -0.3 is 14.7 Å². The zero-order chi connectivity index (χ0) is 21.7. The van der Waals surface area contributed by atoms with Crippen LogP contribution in [-0.4, -0.2) is 65.9 Å². The van der Waals surface area contributed by atoms with Crippen molar-refractivity contribution in [1.29, 1.82) is 0 Å². The van der Waals surface area contributed by atoms with Crippen LogP contribution in [0.3, 0.4) is 0 Å². The minimum atomic E-state index is -0.337. The van der Waals surface area contributed by atoms with Crippen molar-refractivity contribution in [3.63, 3.8) is 0 Å². The lowest BCUT2D eigenvalue weighted by atomic mass is 10.0. The van der Waals surface area contributed by atoms with Crippen LogP contribution < -0.4 is 4.90 Å². The predicted octanol–water partition coefficient (Wildman–Crippen LogP) is 3.21. The Labute approximate surface area is 182 Å². The molecule has 8 heteroatoms. The van der Waals surface area contributed by atoms with Crippen LogP contribution >= 0.6 is 11.6 Å². The molecule has 30 heavy (non-hydrogen) atoms. The van der Waals surface area contributed by atoms with Gasteiger partial charge in [0.2, 0.25) is 0 Å². The largest absolute Gasteiger partial charge is 0.392 e. The molecule has 2 aromatic rings. The zero-order valence-electron chi connectivity index (χ0n) is 17.9. The lowest BCUT2D eigenvalue weighted by Crippen LogP contribution is -2.49. The van der Waals surface area contributed by atoms with Gasteiger partial charge in [-0.1, -0.05) is 24.6 Å². The Kier molecular flexibility index (Phi) is 7.99. The van der Waals surface area contributed by atoms with E-state index >= 15 is 0 Å². The van der Waals surface area contributed by atoms with Gasteiger partial charge in [-0.25, -0.2) is 14.4 Å². The normalized spacial score (nSPS) is 16.1. The zero-order valence-corrected chi connectivity index (χ0v) is 18.6. The fourth-order valence-corrected chi connectivity index (χ4v) is 4.01. The Morgan fingerprint density at radius 1 is 1.20 bits per heavy atom. The molecule has 1 unspecified atom stereocenters. The molecule has 1 aromatic carbocycles. The number of hydrogen-bond acceptors (Lipinski definition) is 6. The maximum Gasteiger partial charge on any atom is 0.136 e. The molecule has 0 bridgehead atoms. The smallest absolute Gasteiger partial charge is 0.136 e. The second-order valence-electron chi connectivity index (χ2n) is 7.68. The van der Waals surface area contributed by atoms with E-state index in [0.717, 1.165) is 49.7 Å². The molecule has 1 fully saturated rings. The van der Waals surface area contributed by atoms with Gasteiger partial charge in [-0.2, -0.15) is 0 Å². The Morgan fingerprint density at radius 2 is 1.93 bits per heavy atom. The maximum absolute atomic E-state index is 14.5. The van der Waals surface area contributed by atoms with E-state index in [1.54, 1.807) is 19.2 Å². The first-order valence-electron chi connectivity index (χ1n) is 10.4. The lowest BCUT2D eigenvalue weighted by molar-refractivity contribution is 0.106. The van der Waals surface area contributed by atoms with E-state index in [9.17, 15) is 9.50 Å². The SMILES string of the molecule is CCC(O)CN1CCN(c2nc(C)nc(COC)c2Cc2c(F)cccc2Cl)CC1. The Balaban J connectivity index is 1.90. The maximum atomic E-state index is 14.5. The highest BCUT2D eigenvalue weighted by Crippen LogP contribution is 2.29. The van der Waals surface area contributed by atoms with E-state index in [-0.39, 0.29) is 11.9 Å². The predicted molar refractivity (Wildman–Crippen MR) is 117 cm³/mol. The van der Waals surface area contributed by atoms with Crippen LogP contribution in [0.4, 0.5) is 10.2 Å². The number of aliphatic hydroxyl groups is 1. The van der Waals surface area contributed by atoms with Crippen LogP contribution in [0.1, 0.15) is 36.0 Å². The van der Waals surface area contributed by atoms with Crippen LogP contribution in [0.15, 0.2) is 18.2 Å². The third kappa shape index (κ3) is 5.46. The lowest BCUT2D eigenvalue weighted by Gasteiger charge is -2.37. The monoisotopic (exact) mass is 436 g/mol. The molecular formula is C22H30ClFN4O2. The number of benzene rings is 1. The molecule has 0 aliphatic carbocycles. The van der Waals surface area contributed by atoms with Crippen molar-refractivity contribution in [2.75, 3.05) is 44.7 Å². The molecule has 1 aromatic heterocycles. The minimum absolute atomic E-state index is 0.300. The molecule has 2 heterocycles. The number of nitrogens with zero attached hydrogens (tertiary/aromatic N) is 4. The summed E-state index contributed by atoms with van der Waals surface area (Å²) in [4.78, 5) is 13.8. The van der Waals surface area contributed by atoms with E-state index in [1.807, 2.05) is 13.8 Å². The molecule has 1 atom stereocenters. The molecular weight excluding hydrogens is 407 g/mol. The number of piperazine rings is 1. The molecule has 1 aliphatic rings. The molecule has 1 saturated heterocycles. The quantitative estimate of drug-likeness (QED) is 0.685. The van der Waals surface area contributed by atoms with Crippen LogP contribution in [0, 0.1) is 12.7 Å². The van der Waals surface area contributed by atoms with Crippen molar-refractivity contribution >= 4 is 17.4 Å². The van der Waals surface area contributed by atoms with Gasteiger partial charge in [0.25, 0.3) is 0 Å². The van der Waals surface area contributed by atoms with Crippen molar-refractivity contribution in [3.05, 3.63) is 51.7 Å². The summed E-state index contributed by atoms with van der Waals surface area (Å²) < 4.78 is 19.9. The van der Waals surface area contributed by atoms with E-state index in [1.165, 1.54) is 6.07 Å². The molecule has 0 radical (unpaired) electrons. The van der Waals surface area contributed by atoms with E-state index < -0.39 is 0 Å². The molecule has 0 spiro atoms. The van der Waals surface area contributed by atoms with Gasteiger partial charge in [0.05, 0.1) is 18.4 Å². The Bertz CT molecular complexity index is 839. The van der Waals surface area contributed by atoms with Crippen LogP contribution in [0.2, 0.25) is 5.02 Å². The van der Waals surface area contributed by atoms with Crippen LogP contribution in [-0.2, 0) is 17.8 Å². The van der Waals surface area contributed by atoms with Crippen molar-refractivity contribution in [2.24, 2.45) is 0 Å². The van der Waals surface area contributed by atoms with Crippen molar-refractivity contribution in [1.82, 2.24) is 14.9 Å². The van der Waals surface area contributed by atoms with Gasteiger partial charge in [0.15, 0.2) is 0 Å². The number of ether oxygens (including phenoxy) is 1. The number of aliphatic hydroxyl groups excluding tert-OH is 1. The fourth-order valence-electron chi connectivity index (χ4n) is 3.78. The summed E-state index contributed by atoms with van der Waals surface area (Å²) in [6.07, 6.45) is 0.748. The summed E-state index contributed by atoms with van der Waals surface area (Å²) in [7, 11) is 1.62. The first kappa shape index (κ1) is 22.9. The average molecular weight is 437 g/mol. The van der Waals surface area contributed by atoms with Gasteiger partial charge in [0.1, 0.15) is 17.5 Å². The van der Waals surface area contributed by atoms with Gasteiger partial charge in [-0.15, -0.1) is 0 Å². The van der Waals surface area contributed by atoms with Gasteiger partial charge in [0, 0.05) is 62.4 Å². The number of β-amino-alcohol motifs (C(OH)–C–C–N with tert-alkyl or cyclic N) is 1. The standard InChI is InChI=1S/C22H30ClFN4O2/c1-4-16(29)13-27-8-10-28(11-9-27)22-18(21(14-30-3)25-15(2)26-22)12-17-19(23)6-5-7-20(17)24/h5-7,16,29H,4,8-14H2,1-3H3. The Hall–Kier alpha value is -1.80. The molecule has 0 amide bonds. The molecule has 3 rings (SSSR count). The minimum Gasteiger partial charge on any atom is -0.392 e. The van der Waals surface area contributed by atoms with E-state index in [2.05, 4.69) is 14.8 Å². The van der Waals surface area contributed by atoms with Crippen LogP contribution in [0.25, 0.3) is 0 Å². The summed E-state index contributed by atoms with van der Waals surface area (Å²) in [5, 5.41) is 10.3. The average Bonchev–Trinajstić information content (AvgIpc) is 2.72. The Morgan fingerprint density at radius 3 is 2.57 bits per heavy atom. The highest BCUT2D eigenvalue weighted by Gasteiger charge is 2.25. The van der Waals surface area contributed by atoms with E-state index in [4.69, 9.17) is 21.3 Å². The molecule has 6 nitrogen and oxygen atoms in total. The van der Waals surface area contributed by atoms with Gasteiger partial charge in [-0.05, 0) is 25.5 Å². The molecule has 1 aliphatic heterocycles. The number of hydrogen-bond donors (Lipinski definition) is 1. The molecule has 1 N–H and O–H groups in total. The number of methoxy groups -OCH3 is 1. The topological polar surface area (TPSA) is 61.7 Å². The summed E-state index contributed by atoms with van der Waals surface area (Å²) in [6, 6.07) is 4.72. The second-order valence-corrected chi connectivity index (χ2v) is 8.09. The fraction of sp³-hybridized carbons (Fsp3) is 0.545. The summed E-state index contributed by atoms with van der Waals surface area (Å²) >= 11 is 6.30. The summed E-state index contributed by atoms with van der Waals surface area (Å²) in [5.74, 6) is 1.13. The summed E-state index contributed by atoms with van der Waals surface area (Å²) in [6.45, 7) is 8.06. The first-order chi connectivity index (χ1) is 14.4. The number of aryl methyl sites for hydroxylation is 1. The van der Waals surface area contributed by atoms with Crippen LogP contribution in [0.5, 0.6) is 0 Å². The molecule has 164 valence electrons. The number of rotatable bonds is 8. The third-order valence-corrected chi connectivity index (χ3v) is 5.85. The van der Waals surface area contributed by atoms with Crippen molar-refractivity contribution in [2.45, 2.75) is 39.4 Å². The summed E-state index contributed by atoms with van der Waals surface area (Å²) in [5.41, 5.74) is 2.04. The second kappa shape index (κ2) is 10.5. The highest BCUT2D eigenvalue weighted by molar-refractivity contribution is 6.31. The van der Waals surface area contributed by atoms with E-state index in [0.29, 0.717) is 36.0 Å². The van der Waals surface area contributed by atoms with Gasteiger partial charge in [-0.3, -0.25) is 4.90 Å². The third-order valence-electron chi connectivity index (χ3n) is 5.49. The number of anilines is 1. The number of halogens is 2. The molecule has 0 saturated carbocycles. The van der Waals surface area contributed by atoms with Crippen molar-refractivity contribution in [3.8, 4) is 0 Å². The number of aromatic nitrogens is 2.